The number of allylic oxidation sites excluding steroid dienone is 6. The highest BCUT2D eigenvalue weighted by atomic mass is 16.4. The number of aliphatic carboxylic acids is 1. The van der Waals surface area contributed by atoms with Gasteiger partial charge in [-0.15, -0.1) is 0 Å². The highest BCUT2D eigenvalue weighted by Gasteiger charge is 2.41. The zero-order valence-corrected chi connectivity index (χ0v) is 15.4. The zero-order valence-electron chi connectivity index (χ0n) is 15.4. The average molecular weight is 344 g/mol. The normalized spacial score (nSPS) is 20.5. The predicted molar refractivity (Wildman–Crippen MR) is 104 cm³/mol. The minimum Gasteiger partial charge on any atom is -0.481 e. The van der Waals surface area contributed by atoms with Crippen LogP contribution in [0.4, 0.5) is 0 Å². The van der Waals surface area contributed by atoms with Gasteiger partial charge in [-0.3, -0.25) is 4.79 Å². The van der Waals surface area contributed by atoms with Gasteiger partial charge >= 0.3 is 5.97 Å². The minimum absolute atomic E-state index is 0.294. The molecule has 0 atom stereocenters. The molecule has 0 bridgehead atoms. The number of rotatable bonds is 14. The Balaban J connectivity index is 1.60. The molecule has 0 amide bonds. The van der Waals surface area contributed by atoms with Crippen molar-refractivity contribution in [2.24, 2.45) is 10.8 Å². The molecule has 0 aromatic heterocycles. The largest absolute Gasteiger partial charge is 0.481 e. The van der Waals surface area contributed by atoms with Gasteiger partial charge in [0.1, 0.15) is 0 Å². The van der Waals surface area contributed by atoms with E-state index in [2.05, 4.69) is 36.5 Å². The molecule has 2 N–H and O–H groups in total. The van der Waals surface area contributed by atoms with E-state index in [1.54, 1.807) is 0 Å². The first kappa shape index (κ1) is 19.7. The molecule has 2 aliphatic rings. The van der Waals surface area contributed by atoms with Crippen LogP contribution in [0.2, 0.25) is 0 Å². The van der Waals surface area contributed by atoms with Crippen LogP contribution in [0.15, 0.2) is 36.5 Å². The van der Waals surface area contributed by atoms with Crippen molar-refractivity contribution in [1.29, 1.82) is 5.41 Å². The molecule has 0 unspecified atom stereocenters. The minimum atomic E-state index is -0.677. The van der Waals surface area contributed by atoms with Crippen LogP contribution in [-0.2, 0) is 4.79 Å². The fourth-order valence-electron chi connectivity index (χ4n) is 3.16. The Labute approximate surface area is 152 Å². The Morgan fingerprint density at radius 3 is 1.96 bits per heavy atom. The molecule has 2 fully saturated rings. The van der Waals surface area contributed by atoms with E-state index in [9.17, 15) is 4.79 Å². The van der Waals surface area contributed by atoms with Crippen LogP contribution >= 0.6 is 0 Å². The quantitative estimate of drug-likeness (QED) is 0.228. The van der Waals surface area contributed by atoms with E-state index >= 15 is 0 Å². The Bertz CT molecular complexity index is 522. The van der Waals surface area contributed by atoms with E-state index in [0.717, 1.165) is 32.1 Å². The Kier molecular flexibility index (Phi) is 7.67. The molecule has 2 aliphatic carbocycles. The highest BCUT2D eigenvalue weighted by Crippen LogP contribution is 2.53. The van der Waals surface area contributed by atoms with Gasteiger partial charge < -0.3 is 10.5 Å². The molecular formula is C22H33NO2. The summed E-state index contributed by atoms with van der Waals surface area (Å²) in [7, 11) is 0. The van der Waals surface area contributed by atoms with Crippen molar-refractivity contribution >= 4 is 12.2 Å². The maximum absolute atomic E-state index is 10.4. The van der Waals surface area contributed by atoms with Crippen molar-refractivity contribution < 1.29 is 9.90 Å². The first-order chi connectivity index (χ1) is 12.1. The lowest BCUT2D eigenvalue weighted by Crippen LogP contribution is -1.94. The van der Waals surface area contributed by atoms with Crippen molar-refractivity contribution in [1.82, 2.24) is 0 Å². The summed E-state index contributed by atoms with van der Waals surface area (Å²) in [6, 6.07) is 0. The number of carboxylic acid groups (broad SMARTS) is 1. The van der Waals surface area contributed by atoms with Gasteiger partial charge in [0, 0.05) is 23.7 Å². The molecule has 0 radical (unpaired) electrons. The number of carbonyl (C=O) groups is 1. The molecule has 3 nitrogen and oxygen atoms in total. The molecule has 3 heteroatoms. The van der Waals surface area contributed by atoms with Crippen LogP contribution in [0.25, 0.3) is 0 Å². The standard InChI is InChI=1S/C22H33NO2/c23-19-9-8-12-22(17-18-22)16-15-21(13-14-21)11-7-5-3-1-2-4-6-10-20(24)25/h7-8,11-12,15-16,19,23H,1-6,9-10,13-14,17-18H2,(H,24,25)/b11-7-,12-8-,16-15-,23-19?. The van der Waals surface area contributed by atoms with E-state index in [0.29, 0.717) is 17.3 Å². The van der Waals surface area contributed by atoms with Gasteiger partial charge in [0.15, 0.2) is 0 Å². The van der Waals surface area contributed by atoms with Crippen LogP contribution in [-0.4, -0.2) is 17.3 Å². The third-order valence-corrected chi connectivity index (χ3v) is 5.32. The van der Waals surface area contributed by atoms with Crippen LogP contribution < -0.4 is 0 Å². The summed E-state index contributed by atoms with van der Waals surface area (Å²) in [5.74, 6) is -0.677. The molecule has 138 valence electrons. The SMILES string of the molecule is N=CC/C=C\C1(/C=C\C2(/C=C\CCCCCCCC(=O)O)CC2)CC1. The van der Waals surface area contributed by atoms with Crippen LogP contribution in [0.5, 0.6) is 0 Å². The molecule has 0 saturated heterocycles. The second kappa shape index (κ2) is 9.74. The molecule has 0 aromatic carbocycles. The van der Waals surface area contributed by atoms with Gasteiger partial charge in [0.05, 0.1) is 0 Å². The Morgan fingerprint density at radius 2 is 1.40 bits per heavy atom. The lowest BCUT2D eigenvalue weighted by atomic mass is 9.98. The van der Waals surface area contributed by atoms with E-state index < -0.39 is 5.97 Å². The fraction of sp³-hybridized carbons (Fsp3) is 0.636. The first-order valence-corrected chi connectivity index (χ1v) is 9.86. The molecule has 0 spiro atoms. The van der Waals surface area contributed by atoms with Crippen molar-refractivity contribution in [2.75, 3.05) is 0 Å². The zero-order chi connectivity index (χ0) is 18.0. The number of hydrogen-bond acceptors (Lipinski definition) is 2. The van der Waals surface area contributed by atoms with Crippen LogP contribution in [0.1, 0.15) is 77.0 Å². The fourth-order valence-corrected chi connectivity index (χ4v) is 3.16. The average Bonchev–Trinajstić information content (AvgIpc) is 3.49. The van der Waals surface area contributed by atoms with Gasteiger partial charge in [-0.2, -0.15) is 0 Å². The molecule has 0 heterocycles. The summed E-state index contributed by atoms with van der Waals surface area (Å²) in [5, 5.41) is 15.7. The molecular weight excluding hydrogens is 310 g/mol. The molecule has 2 saturated carbocycles. The number of carboxylic acids is 1. The number of nitrogens with one attached hydrogen (secondary N) is 1. The maximum atomic E-state index is 10.4. The predicted octanol–water partition coefficient (Wildman–Crippen LogP) is 6.07. The maximum Gasteiger partial charge on any atom is 0.303 e. The second-order valence-electron chi connectivity index (χ2n) is 7.74. The monoisotopic (exact) mass is 343 g/mol. The van der Waals surface area contributed by atoms with Gasteiger partial charge in [0.2, 0.25) is 0 Å². The van der Waals surface area contributed by atoms with Crippen molar-refractivity contribution in [3.63, 3.8) is 0 Å². The smallest absolute Gasteiger partial charge is 0.303 e. The second-order valence-corrected chi connectivity index (χ2v) is 7.74. The number of hydrogen-bond donors (Lipinski definition) is 2. The Morgan fingerprint density at radius 1 is 0.840 bits per heavy atom. The topological polar surface area (TPSA) is 61.2 Å². The summed E-state index contributed by atoms with van der Waals surface area (Å²) < 4.78 is 0. The van der Waals surface area contributed by atoms with E-state index in [1.165, 1.54) is 44.7 Å². The molecule has 0 aromatic rings. The summed E-state index contributed by atoms with van der Waals surface area (Å²) in [6.45, 7) is 0. The molecule has 0 aliphatic heterocycles. The molecule has 2 rings (SSSR count). The lowest BCUT2D eigenvalue weighted by Gasteiger charge is -2.07. The third-order valence-electron chi connectivity index (χ3n) is 5.32. The highest BCUT2D eigenvalue weighted by molar-refractivity contribution is 5.66. The van der Waals surface area contributed by atoms with Gasteiger partial charge in [-0.25, -0.2) is 0 Å². The summed E-state index contributed by atoms with van der Waals surface area (Å²) >= 11 is 0. The van der Waals surface area contributed by atoms with Gasteiger partial charge in [0.25, 0.3) is 0 Å². The Hall–Kier alpha value is -1.64. The van der Waals surface area contributed by atoms with Crippen molar-refractivity contribution in [2.45, 2.75) is 77.0 Å². The number of unbranched alkanes of at least 4 members (excludes halogenated alkanes) is 5. The van der Waals surface area contributed by atoms with Gasteiger partial charge in [-0.1, -0.05) is 55.7 Å². The summed E-state index contributed by atoms with van der Waals surface area (Å²) in [4.78, 5) is 10.4. The summed E-state index contributed by atoms with van der Waals surface area (Å²) in [6.07, 6.45) is 28.1. The summed E-state index contributed by atoms with van der Waals surface area (Å²) in [5.41, 5.74) is 0.620. The van der Waals surface area contributed by atoms with E-state index in [4.69, 9.17) is 10.5 Å². The van der Waals surface area contributed by atoms with Crippen molar-refractivity contribution in [3.8, 4) is 0 Å². The molecule has 25 heavy (non-hydrogen) atoms. The third kappa shape index (κ3) is 7.85. The van der Waals surface area contributed by atoms with Crippen LogP contribution in [0.3, 0.4) is 0 Å². The van der Waals surface area contributed by atoms with Crippen LogP contribution in [0, 0.1) is 16.2 Å². The van der Waals surface area contributed by atoms with Crippen molar-refractivity contribution in [3.05, 3.63) is 36.5 Å². The first-order valence-electron chi connectivity index (χ1n) is 9.86. The van der Waals surface area contributed by atoms with E-state index in [-0.39, 0.29) is 0 Å². The van der Waals surface area contributed by atoms with E-state index in [1.807, 2.05) is 0 Å². The van der Waals surface area contributed by atoms with Gasteiger partial charge in [-0.05, 0) is 51.2 Å². The lowest BCUT2D eigenvalue weighted by molar-refractivity contribution is -0.137.